The standard InChI is InChI=1S/C14H16F2N2O2/c1-2-19-13-9-11(5-6-12(13)20-14(15)16)10-17-18-7-3-4-8-18/h3-9,14,17H,2,10H2,1H3. The average molecular weight is 282 g/mol. The van der Waals surface area contributed by atoms with E-state index in [0.717, 1.165) is 5.56 Å². The molecule has 0 atom stereocenters. The SMILES string of the molecule is CCOc1cc(CNn2cccc2)ccc1OC(F)F. The Bertz CT molecular complexity index is 530. The van der Waals surface area contributed by atoms with Gasteiger partial charge in [0, 0.05) is 12.4 Å². The van der Waals surface area contributed by atoms with Crippen molar-refractivity contribution in [1.82, 2.24) is 4.68 Å². The largest absolute Gasteiger partial charge is 0.490 e. The fourth-order valence-electron chi connectivity index (χ4n) is 1.75. The van der Waals surface area contributed by atoms with E-state index in [1.807, 2.05) is 29.2 Å². The minimum Gasteiger partial charge on any atom is -0.490 e. The number of benzene rings is 1. The number of hydrogen-bond donors (Lipinski definition) is 1. The van der Waals surface area contributed by atoms with E-state index in [-0.39, 0.29) is 5.75 Å². The van der Waals surface area contributed by atoms with Gasteiger partial charge in [-0.25, -0.2) is 0 Å². The van der Waals surface area contributed by atoms with E-state index in [2.05, 4.69) is 10.2 Å². The number of ether oxygens (including phenoxy) is 2. The summed E-state index contributed by atoms with van der Waals surface area (Å²) in [5.41, 5.74) is 4.05. The van der Waals surface area contributed by atoms with Crippen LogP contribution in [-0.2, 0) is 6.54 Å². The minimum absolute atomic E-state index is 0.0477. The molecule has 0 fully saturated rings. The molecule has 0 bridgehead atoms. The maximum absolute atomic E-state index is 12.3. The quantitative estimate of drug-likeness (QED) is 0.847. The van der Waals surface area contributed by atoms with Gasteiger partial charge in [0.05, 0.1) is 13.2 Å². The molecular formula is C14H16F2N2O2. The highest BCUT2D eigenvalue weighted by atomic mass is 19.3. The lowest BCUT2D eigenvalue weighted by molar-refractivity contribution is -0.0514. The summed E-state index contributed by atoms with van der Waals surface area (Å²) in [4.78, 5) is 0. The first-order valence-corrected chi connectivity index (χ1v) is 6.26. The summed E-state index contributed by atoms with van der Waals surface area (Å²) in [5, 5.41) is 0. The van der Waals surface area contributed by atoms with E-state index >= 15 is 0 Å². The Morgan fingerprint density at radius 1 is 1.20 bits per heavy atom. The van der Waals surface area contributed by atoms with Crippen LogP contribution in [0.2, 0.25) is 0 Å². The second-order valence-electron chi connectivity index (χ2n) is 4.02. The van der Waals surface area contributed by atoms with Gasteiger partial charge in [0.15, 0.2) is 11.5 Å². The fraction of sp³-hybridized carbons (Fsp3) is 0.286. The van der Waals surface area contributed by atoms with Gasteiger partial charge in [-0.2, -0.15) is 8.78 Å². The Hall–Kier alpha value is -2.24. The van der Waals surface area contributed by atoms with Crippen molar-refractivity contribution in [2.75, 3.05) is 12.0 Å². The Kier molecular flexibility index (Phi) is 4.81. The molecule has 0 saturated heterocycles. The summed E-state index contributed by atoms with van der Waals surface area (Å²) < 4.78 is 36.1. The van der Waals surface area contributed by atoms with Gasteiger partial charge >= 0.3 is 6.61 Å². The third-order valence-corrected chi connectivity index (χ3v) is 2.59. The fourth-order valence-corrected chi connectivity index (χ4v) is 1.75. The van der Waals surface area contributed by atoms with Crippen LogP contribution in [0.5, 0.6) is 11.5 Å². The molecule has 0 aliphatic rings. The van der Waals surface area contributed by atoms with E-state index < -0.39 is 6.61 Å². The van der Waals surface area contributed by atoms with Gasteiger partial charge in [-0.05, 0) is 36.8 Å². The van der Waals surface area contributed by atoms with Gasteiger partial charge in [0.1, 0.15) is 0 Å². The smallest absolute Gasteiger partial charge is 0.387 e. The third-order valence-electron chi connectivity index (χ3n) is 2.59. The van der Waals surface area contributed by atoms with Crippen LogP contribution in [0.4, 0.5) is 8.78 Å². The number of alkyl halides is 2. The van der Waals surface area contributed by atoms with Crippen LogP contribution in [0, 0.1) is 0 Å². The molecule has 0 aliphatic heterocycles. The number of hydrogen-bond acceptors (Lipinski definition) is 3. The van der Waals surface area contributed by atoms with Crippen LogP contribution < -0.4 is 14.9 Å². The molecular weight excluding hydrogens is 266 g/mol. The molecule has 4 nitrogen and oxygen atoms in total. The van der Waals surface area contributed by atoms with Crippen LogP contribution in [0.1, 0.15) is 12.5 Å². The van der Waals surface area contributed by atoms with Gasteiger partial charge in [-0.3, -0.25) is 4.68 Å². The zero-order valence-corrected chi connectivity index (χ0v) is 11.1. The van der Waals surface area contributed by atoms with Crippen LogP contribution in [0.25, 0.3) is 0 Å². The molecule has 20 heavy (non-hydrogen) atoms. The molecule has 108 valence electrons. The van der Waals surface area contributed by atoms with Crippen LogP contribution >= 0.6 is 0 Å². The van der Waals surface area contributed by atoms with Crippen LogP contribution in [0.15, 0.2) is 42.7 Å². The Balaban J connectivity index is 2.08. The van der Waals surface area contributed by atoms with E-state index in [1.54, 1.807) is 19.1 Å². The van der Waals surface area contributed by atoms with Crippen molar-refractivity contribution in [3.05, 3.63) is 48.3 Å². The van der Waals surface area contributed by atoms with Crippen molar-refractivity contribution in [2.24, 2.45) is 0 Å². The molecule has 1 aromatic carbocycles. The second-order valence-corrected chi connectivity index (χ2v) is 4.02. The lowest BCUT2D eigenvalue weighted by Gasteiger charge is -2.13. The van der Waals surface area contributed by atoms with Crippen molar-refractivity contribution in [3.8, 4) is 11.5 Å². The molecule has 1 heterocycles. The van der Waals surface area contributed by atoms with E-state index in [9.17, 15) is 8.78 Å². The normalized spacial score (nSPS) is 10.6. The Labute approximate surface area is 115 Å². The molecule has 1 aromatic heterocycles. The first kappa shape index (κ1) is 14.2. The highest BCUT2D eigenvalue weighted by Crippen LogP contribution is 2.29. The molecule has 1 N–H and O–H groups in total. The van der Waals surface area contributed by atoms with Crippen molar-refractivity contribution in [3.63, 3.8) is 0 Å². The molecule has 0 radical (unpaired) electrons. The topological polar surface area (TPSA) is 35.4 Å². The highest BCUT2D eigenvalue weighted by molar-refractivity contribution is 5.43. The molecule has 2 rings (SSSR count). The first-order valence-electron chi connectivity index (χ1n) is 6.26. The summed E-state index contributed by atoms with van der Waals surface area (Å²) in [6.07, 6.45) is 3.75. The lowest BCUT2D eigenvalue weighted by atomic mass is 10.2. The van der Waals surface area contributed by atoms with E-state index in [4.69, 9.17) is 4.74 Å². The van der Waals surface area contributed by atoms with Crippen molar-refractivity contribution in [2.45, 2.75) is 20.1 Å². The number of rotatable bonds is 7. The summed E-state index contributed by atoms with van der Waals surface area (Å²) in [5.74, 6) is 0.367. The predicted molar refractivity (Wildman–Crippen MR) is 71.7 cm³/mol. The predicted octanol–water partition coefficient (Wildman–Crippen LogP) is 3.23. The average Bonchev–Trinajstić information content (AvgIpc) is 2.92. The minimum atomic E-state index is -2.86. The number of nitrogens with zero attached hydrogens (tertiary/aromatic N) is 1. The molecule has 0 amide bonds. The second kappa shape index (κ2) is 6.79. The van der Waals surface area contributed by atoms with Gasteiger partial charge in [-0.1, -0.05) is 6.07 Å². The number of aromatic nitrogens is 1. The zero-order valence-electron chi connectivity index (χ0n) is 11.1. The van der Waals surface area contributed by atoms with Gasteiger partial charge < -0.3 is 14.9 Å². The molecule has 0 unspecified atom stereocenters. The third kappa shape index (κ3) is 3.88. The molecule has 0 saturated carbocycles. The maximum Gasteiger partial charge on any atom is 0.387 e. The van der Waals surface area contributed by atoms with Crippen LogP contribution in [0.3, 0.4) is 0 Å². The summed E-state index contributed by atoms with van der Waals surface area (Å²) in [7, 11) is 0. The lowest BCUT2D eigenvalue weighted by Crippen LogP contribution is -2.12. The number of halogens is 2. The van der Waals surface area contributed by atoms with Gasteiger partial charge in [0.2, 0.25) is 0 Å². The van der Waals surface area contributed by atoms with E-state index in [1.165, 1.54) is 6.07 Å². The molecule has 0 spiro atoms. The Morgan fingerprint density at radius 2 is 1.95 bits per heavy atom. The number of nitrogens with one attached hydrogen (secondary N) is 1. The summed E-state index contributed by atoms with van der Waals surface area (Å²) >= 11 is 0. The first-order chi connectivity index (χ1) is 9.69. The summed E-state index contributed by atoms with van der Waals surface area (Å²) in [6.45, 7) is -0.146. The maximum atomic E-state index is 12.3. The van der Waals surface area contributed by atoms with Crippen molar-refractivity contribution in [1.29, 1.82) is 0 Å². The van der Waals surface area contributed by atoms with Gasteiger partial charge in [0.25, 0.3) is 0 Å². The molecule has 0 aliphatic carbocycles. The highest BCUT2D eigenvalue weighted by Gasteiger charge is 2.11. The monoisotopic (exact) mass is 282 g/mol. The van der Waals surface area contributed by atoms with Gasteiger partial charge in [-0.15, -0.1) is 0 Å². The zero-order chi connectivity index (χ0) is 14.4. The van der Waals surface area contributed by atoms with Crippen molar-refractivity contribution < 1.29 is 18.3 Å². The summed E-state index contributed by atoms with van der Waals surface area (Å²) in [6, 6.07) is 8.70. The van der Waals surface area contributed by atoms with E-state index in [0.29, 0.717) is 18.9 Å². The molecule has 2 aromatic rings. The van der Waals surface area contributed by atoms with Crippen molar-refractivity contribution >= 4 is 0 Å². The molecule has 6 heteroatoms. The van der Waals surface area contributed by atoms with Crippen LogP contribution in [-0.4, -0.2) is 17.9 Å². The Morgan fingerprint density at radius 3 is 2.60 bits per heavy atom.